The van der Waals surface area contributed by atoms with E-state index >= 15 is 0 Å². The van der Waals surface area contributed by atoms with Crippen LogP contribution >= 0.6 is 0 Å². The molecule has 3 rings (SSSR count). The SMILES string of the molecule is COC(=O)Cc1cc(=O)n2[nH]c3ncccc3c2n1. The second-order valence-electron chi connectivity index (χ2n) is 4.01. The van der Waals surface area contributed by atoms with Gasteiger partial charge in [-0.15, -0.1) is 0 Å². The Labute approximate surface area is 106 Å². The predicted molar refractivity (Wildman–Crippen MR) is 66.8 cm³/mol. The number of hydrogen-bond donors (Lipinski definition) is 1. The van der Waals surface area contributed by atoms with E-state index in [0.717, 1.165) is 5.39 Å². The third-order valence-electron chi connectivity index (χ3n) is 2.79. The van der Waals surface area contributed by atoms with Crippen LogP contribution in [0.4, 0.5) is 0 Å². The van der Waals surface area contributed by atoms with Crippen LogP contribution in [0, 0.1) is 0 Å². The summed E-state index contributed by atoms with van der Waals surface area (Å²) in [7, 11) is 1.29. The smallest absolute Gasteiger partial charge is 0.311 e. The van der Waals surface area contributed by atoms with Crippen molar-refractivity contribution in [2.24, 2.45) is 0 Å². The first-order valence-corrected chi connectivity index (χ1v) is 5.61. The number of rotatable bonds is 2. The maximum absolute atomic E-state index is 12.0. The topological polar surface area (TPSA) is 89.4 Å². The number of pyridine rings is 1. The van der Waals surface area contributed by atoms with Gasteiger partial charge in [0, 0.05) is 12.3 Å². The summed E-state index contributed by atoms with van der Waals surface area (Å²) in [5.74, 6) is -0.436. The number of carbonyl (C=O) groups is 1. The molecule has 0 aliphatic rings. The lowest BCUT2D eigenvalue weighted by Gasteiger charge is -1.99. The van der Waals surface area contributed by atoms with E-state index in [1.165, 1.54) is 17.7 Å². The summed E-state index contributed by atoms with van der Waals surface area (Å²) >= 11 is 0. The molecule has 1 N–H and O–H groups in total. The van der Waals surface area contributed by atoms with Gasteiger partial charge in [-0.2, -0.15) is 4.52 Å². The Kier molecular flexibility index (Phi) is 2.52. The van der Waals surface area contributed by atoms with Gasteiger partial charge >= 0.3 is 5.97 Å². The molecule has 3 heterocycles. The van der Waals surface area contributed by atoms with Crippen molar-refractivity contribution in [3.8, 4) is 0 Å². The molecule has 7 heteroatoms. The van der Waals surface area contributed by atoms with Crippen LogP contribution < -0.4 is 5.56 Å². The lowest BCUT2D eigenvalue weighted by molar-refractivity contribution is -0.139. The first-order chi connectivity index (χ1) is 9.19. The molecule has 19 heavy (non-hydrogen) atoms. The highest BCUT2D eigenvalue weighted by molar-refractivity contribution is 5.89. The number of aromatic nitrogens is 4. The van der Waals surface area contributed by atoms with Gasteiger partial charge in [-0.3, -0.25) is 14.7 Å². The standard InChI is InChI=1S/C12H10N4O3/c1-19-10(18)6-7-5-9(17)16-12(14-7)8-3-2-4-13-11(8)15-16/h2-5H,6H2,1H3,(H,13,15). The Hall–Kier alpha value is -2.70. The minimum absolute atomic E-state index is 0.0326. The minimum atomic E-state index is -0.436. The highest BCUT2D eigenvalue weighted by Gasteiger charge is 2.11. The van der Waals surface area contributed by atoms with Crippen LogP contribution in [0.2, 0.25) is 0 Å². The quantitative estimate of drug-likeness (QED) is 0.667. The highest BCUT2D eigenvalue weighted by Crippen LogP contribution is 2.14. The zero-order valence-electron chi connectivity index (χ0n) is 10.1. The lowest BCUT2D eigenvalue weighted by atomic mass is 10.3. The molecule has 0 saturated carbocycles. The summed E-state index contributed by atoms with van der Waals surface area (Å²) in [5, 5.41) is 3.58. The third kappa shape index (κ3) is 1.85. The molecule has 0 saturated heterocycles. The van der Waals surface area contributed by atoms with Crippen LogP contribution in [0.1, 0.15) is 5.69 Å². The Morgan fingerprint density at radius 3 is 3.16 bits per heavy atom. The van der Waals surface area contributed by atoms with E-state index in [0.29, 0.717) is 17.0 Å². The maximum Gasteiger partial charge on any atom is 0.311 e. The van der Waals surface area contributed by atoms with Crippen molar-refractivity contribution in [3.05, 3.63) is 40.4 Å². The zero-order valence-corrected chi connectivity index (χ0v) is 10.1. The van der Waals surface area contributed by atoms with Crippen LogP contribution in [0.25, 0.3) is 16.7 Å². The van der Waals surface area contributed by atoms with E-state index in [-0.39, 0.29) is 12.0 Å². The van der Waals surface area contributed by atoms with Crippen molar-refractivity contribution in [2.45, 2.75) is 6.42 Å². The maximum atomic E-state index is 12.0. The summed E-state index contributed by atoms with van der Waals surface area (Å²) in [4.78, 5) is 31.6. The van der Waals surface area contributed by atoms with E-state index < -0.39 is 5.97 Å². The summed E-state index contributed by atoms with van der Waals surface area (Å²) < 4.78 is 5.87. The number of fused-ring (bicyclic) bond motifs is 3. The second-order valence-corrected chi connectivity index (χ2v) is 4.01. The van der Waals surface area contributed by atoms with Gasteiger partial charge in [-0.1, -0.05) is 0 Å². The molecule has 0 aromatic carbocycles. The zero-order chi connectivity index (χ0) is 13.4. The Morgan fingerprint density at radius 2 is 2.37 bits per heavy atom. The number of nitrogens with zero attached hydrogens (tertiary/aromatic N) is 3. The fraction of sp³-hybridized carbons (Fsp3) is 0.167. The number of ether oxygens (including phenoxy) is 1. The summed E-state index contributed by atoms with van der Waals surface area (Å²) in [6, 6.07) is 4.87. The Bertz CT molecular complexity index is 834. The molecule has 96 valence electrons. The predicted octanol–water partition coefficient (Wildman–Crippen LogP) is 0.286. The molecule has 0 bridgehead atoms. The molecule has 0 fully saturated rings. The number of hydrogen-bond acceptors (Lipinski definition) is 5. The Morgan fingerprint density at radius 1 is 1.53 bits per heavy atom. The van der Waals surface area contributed by atoms with E-state index in [9.17, 15) is 9.59 Å². The average molecular weight is 258 g/mol. The van der Waals surface area contributed by atoms with E-state index in [2.05, 4.69) is 19.8 Å². The Balaban J connectivity index is 2.26. The molecule has 0 spiro atoms. The number of aromatic amines is 1. The van der Waals surface area contributed by atoms with Crippen molar-refractivity contribution in [2.75, 3.05) is 7.11 Å². The lowest BCUT2D eigenvalue weighted by Crippen LogP contribution is -2.17. The van der Waals surface area contributed by atoms with Gasteiger partial charge in [0.15, 0.2) is 11.3 Å². The van der Waals surface area contributed by atoms with Gasteiger partial charge in [-0.25, -0.2) is 9.97 Å². The minimum Gasteiger partial charge on any atom is -0.469 e. The average Bonchev–Trinajstić information content (AvgIpc) is 2.78. The van der Waals surface area contributed by atoms with Crippen LogP contribution in [0.5, 0.6) is 0 Å². The monoisotopic (exact) mass is 258 g/mol. The fourth-order valence-corrected chi connectivity index (χ4v) is 1.91. The number of H-pyrrole nitrogens is 1. The van der Waals surface area contributed by atoms with Gasteiger partial charge in [-0.05, 0) is 12.1 Å². The normalized spacial score (nSPS) is 11.0. The van der Waals surface area contributed by atoms with Gasteiger partial charge in [0.05, 0.1) is 24.6 Å². The largest absolute Gasteiger partial charge is 0.469 e. The molecular formula is C12H10N4O3. The molecule has 3 aromatic heterocycles. The van der Waals surface area contributed by atoms with Crippen molar-refractivity contribution < 1.29 is 9.53 Å². The van der Waals surface area contributed by atoms with Crippen molar-refractivity contribution in [1.82, 2.24) is 19.6 Å². The second kappa shape index (κ2) is 4.20. The number of carbonyl (C=O) groups excluding carboxylic acids is 1. The van der Waals surface area contributed by atoms with Gasteiger partial charge in [0.2, 0.25) is 0 Å². The van der Waals surface area contributed by atoms with Crippen molar-refractivity contribution in [1.29, 1.82) is 0 Å². The molecule has 0 unspecified atom stereocenters. The first kappa shape index (κ1) is 11.4. The fourth-order valence-electron chi connectivity index (χ4n) is 1.91. The van der Waals surface area contributed by atoms with Crippen molar-refractivity contribution >= 4 is 22.6 Å². The number of nitrogens with one attached hydrogen (secondary N) is 1. The van der Waals surface area contributed by atoms with E-state index in [1.54, 1.807) is 12.3 Å². The molecule has 0 aliphatic carbocycles. The summed E-state index contributed by atoms with van der Waals surface area (Å²) in [5.41, 5.74) is 1.11. The summed E-state index contributed by atoms with van der Waals surface area (Å²) in [6.07, 6.45) is 1.59. The van der Waals surface area contributed by atoms with Gasteiger partial charge in [0.25, 0.3) is 5.56 Å². The van der Waals surface area contributed by atoms with Crippen LogP contribution in [0.15, 0.2) is 29.2 Å². The van der Waals surface area contributed by atoms with Gasteiger partial charge < -0.3 is 4.74 Å². The van der Waals surface area contributed by atoms with E-state index in [4.69, 9.17) is 0 Å². The number of methoxy groups -OCH3 is 1. The highest BCUT2D eigenvalue weighted by atomic mass is 16.5. The van der Waals surface area contributed by atoms with Gasteiger partial charge in [0.1, 0.15) is 0 Å². The first-order valence-electron chi connectivity index (χ1n) is 5.61. The molecule has 7 nitrogen and oxygen atoms in total. The summed E-state index contributed by atoms with van der Waals surface area (Å²) in [6.45, 7) is 0. The molecule has 3 aromatic rings. The van der Waals surface area contributed by atoms with Crippen LogP contribution in [-0.4, -0.2) is 32.7 Å². The molecule has 0 atom stereocenters. The molecule has 0 aliphatic heterocycles. The van der Waals surface area contributed by atoms with E-state index in [1.807, 2.05) is 6.07 Å². The van der Waals surface area contributed by atoms with Crippen molar-refractivity contribution in [3.63, 3.8) is 0 Å². The molecular weight excluding hydrogens is 248 g/mol. The molecule has 0 amide bonds. The molecule has 0 radical (unpaired) electrons. The third-order valence-corrected chi connectivity index (χ3v) is 2.79. The number of esters is 1. The van der Waals surface area contributed by atoms with Crippen LogP contribution in [-0.2, 0) is 16.0 Å². The van der Waals surface area contributed by atoms with Crippen LogP contribution in [0.3, 0.4) is 0 Å².